The molecule has 1 rings (SSSR count). The van der Waals surface area contributed by atoms with Crippen LogP contribution in [-0.2, 0) is 0 Å². The highest BCUT2D eigenvalue weighted by Crippen LogP contribution is 2.19. The van der Waals surface area contributed by atoms with Crippen molar-refractivity contribution < 1.29 is 0 Å². The number of nitrogens with two attached hydrogens (primary N) is 1. The second-order valence-corrected chi connectivity index (χ2v) is 4.33. The van der Waals surface area contributed by atoms with Crippen molar-refractivity contribution in [2.24, 2.45) is 16.6 Å². The zero-order valence-electron chi connectivity index (χ0n) is 10.00. The van der Waals surface area contributed by atoms with E-state index in [9.17, 15) is 0 Å². The number of likely N-dealkylation sites (tertiary alicyclic amines) is 1. The minimum atomic E-state index is 0.588. The molecule has 4 heteroatoms. The van der Waals surface area contributed by atoms with Crippen LogP contribution >= 0.6 is 0 Å². The van der Waals surface area contributed by atoms with Crippen molar-refractivity contribution in [3.05, 3.63) is 0 Å². The molecule has 0 aromatic rings. The summed E-state index contributed by atoms with van der Waals surface area (Å²) >= 11 is 0. The number of hydrogen-bond acceptors (Lipinski definition) is 2. The SMILES string of the molecule is CCNC(N)=NCCC1CCN(C)CC1. The zero-order valence-corrected chi connectivity index (χ0v) is 10.00. The van der Waals surface area contributed by atoms with E-state index in [4.69, 9.17) is 5.73 Å². The maximum Gasteiger partial charge on any atom is 0.188 e. The minimum absolute atomic E-state index is 0.588. The summed E-state index contributed by atoms with van der Waals surface area (Å²) in [6, 6.07) is 0. The molecule has 1 aliphatic heterocycles. The van der Waals surface area contributed by atoms with E-state index in [2.05, 4.69) is 22.3 Å². The van der Waals surface area contributed by atoms with Crippen LogP contribution in [0.3, 0.4) is 0 Å². The first-order valence-corrected chi connectivity index (χ1v) is 5.94. The molecule has 1 fully saturated rings. The Labute approximate surface area is 92.9 Å². The van der Waals surface area contributed by atoms with Crippen LogP contribution in [0.25, 0.3) is 0 Å². The lowest BCUT2D eigenvalue weighted by atomic mass is 9.94. The Kier molecular flexibility index (Phi) is 5.47. The number of piperidine rings is 1. The molecule has 88 valence electrons. The normalized spacial score (nSPS) is 20.5. The topological polar surface area (TPSA) is 53.6 Å². The third-order valence-corrected chi connectivity index (χ3v) is 3.02. The first-order chi connectivity index (χ1) is 7.22. The monoisotopic (exact) mass is 212 g/mol. The summed E-state index contributed by atoms with van der Waals surface area (Å²) in [5, 5.41) is 3.01. The summed E-state index contributed by atoms with van der Waals surface area (Å²) in [4.78, 5) is 6.69. The summed E-state index contributed by atoms with van der Waals surface area (Å²) in [6.45, 7) is 6.21. The molecule has 1 saturated heterocycles. The minimum Gasteiger partial charge on any atom is -0.370 e. The molecule has 0 aromatic heterocycles. The van der Waals surface area contributed by atoms with E-state index in [1.807, 2.05) is 6.92 Å². The molecule has 0 radical (unpaired) electrons. The maximum atomic E-state index is 5.65. The Bertz CT molecular complexity index is 195. The summed E-state index contributed by atoms with van der Waals surface area (Å²) in [5.74, 6) is 1.44. The second-order valence-electron chi connectivity index (χ2n) is 4.33. The Morgan fingerprint density at radius 3 is 2.73 bits per heavy atom. The molecular weight excluding hydrogens is 188 g/mol. The fourth-order valence-electron chi connectivity index (χ4n) is 1.96. The van der Waals surface area contributed by atoms with E-state index in [-0.39, 0.29) is 0 Å². The molecule has 0 atom stereocenters. The van der Waals surface area contributed by atoms with Gasteiger partial charge >= 0.3 is 0 Å². The van der Waals surface area contributed by atoms with Gasteiger partial charge in [0, 0.05) is 13.1 Å². The highest BCUT2D eigenvalue weighted by Gasteiger charge is 2.15. The molecule has 1 heterocycles. The molecule has 0 aliphatic carbocycles. The van der Waals surface area contributed by atoms with Gasteiger partial charge in [-0.25, -0.2) is 0 Å². The van der Waals surface area contributed by atoms with Gasteiger partial charge < -0.3 is 16.0 Å². The van der Waals surface area contributed by atoms with Crippen molar-refractivity contribution in [2.75, 3.05) is 33.2 Å². The van der Waals surface area contributed by atoms with Gasteiger partial charge in [0.25, 0.3) is 0 Å². The van der Waals surface area contributed by atoms with E-state index in [1.54, 1.807) is 0 Å². The predicted molar refractivity (Wildman–Crippen MR) is 65.0 cm³/mol. The van der Waals surface area contributed by atoms with Gasteiger partial charge in [-0.3, -0.25) is 4.99 Å². The Morgan fingerprint density at radius 2 is 2.13 bits per heavy atom. The molecule has 0 spiro atoms. The number of rotatable bonds is 4. The Balaban J connectivity index is 2.12. The van der Waals surface area contributed by atoms with Crippen LogP contribution < -0.4 is 11.1 Å². The average Bonchev–Trinajstić information content (AvgIpc) is 2.21. The van der Waals surface area contributed by atoms with Crippen LogP contribution in [0.2, 0.25) is 0 Å². The third kappa shape index (κ3) is 5.02. The molecule has 15 heavy (non-hydrogen) atoms. The molecular formula is C11H24N4. The first-order valence-electron chi connectivity index (χ1n) is 5.94. The predicted octanol–water partition coefficient (Wildman–Crippen LogP) is 0.643. The molecule has 0 unspecified atom stereocenters. The van der Waals surface area contributed by atoms with Gasteiger partial charge in [0.15, 0.2) is 5.96 Å². The van der Waals surface area contributed by atoms with E-state index in [0.29, 0.717) is 5.96 Å². The number of guanidine groups is 1. The summed E-state index contributed by atoms with van der Waals surface area (Å²) in [5.41, 5.74) is 5.65. The molecule has 0 bridgehead atoms. The van der Waals surface area contributed by atoms with Crippen LogP contribution in [0.4, 0.5) is 0 Å². The van der Waals surface area contributed by atoms with E-state index >= 15 is 0 Å². The number of nitrogens with zero attached hydrogens (tertiary/aromatic N) is 2. The molecule has 0 amide bonds. The smallest absolute Gasteiger partial charge is 0.188 e. The molecule has 0 saturated carbocycles. The number of hydrogen-bond donors (Lipinski definition) is 2. The van der Waals surface area contributed by atoms with Crippen LogP contribution in [0, 0.1) is 5.92 Å². The lowest BCUT2D eigenvalue weighted by Crippen LogP contribution is -2.32. The van der Waals surface area contributed by atoms with Crippen LogP contribution in [0.5, 0.6) is 0 Å². The van der Waals surface area contributed by atoms with Gasteiger partial charge in [0.1, 0.15) is 0 Å². The Morgan fingerprint density at radius 1 is 1.47 bits per heavy atom. The van der Waals surface area contributed by atoms with Crippen LogP contribution in [0.1, 0.15) is 26.2 Å². The lowest BCUT2D eigenvalue weighted by molar-refractivity contribution is 0.214. The lowest BCUT2D eigenvalue weighted by Gasteiger charge is -2.28. The van der Waals surface area contributed by atoms with Gasteiger partial charge in [-0.1, -0.05) is 0 Å². The molecule has 4 nitrogen and oxygen atoms in total. The fraction of sp³-hybridized carbons (Fsp3) is 0.909. The van der Waals surface area contributed by atoms with Gasteiger partial charge in [-0.2, -0.15) is 0 Å². The summed E-state index contributed by atoms with van der Waals surface area (Å²) < 4.78 is 0. The average molecular weight is 212 g/mol. The van der Waals surface area contributed by atoms with Crippen molar-refractivity contribution in [3.63, 3.8) is 0 Å². The quantitative estimate of drug-likeness (QED) is 0.531. The highest BCUT2D eigenvalue weighted by atomic mass is 15.1. The van der Waals surface area contributed by atoms with Crippen LogP contribution in [-0.4, -0.2) is 44.1 Å². The second kappa shape index (κ2) is 6.67. The highest BCUT2D eigenvalue weighted by molar-refractivity contribution is 5.77. The summed E-state index contributed by atoms with van der Waals surface area (Å²) in [7, 11) is 2.19. The first kappa shape index (κ1) is 12.3. The Hall–Kier alpha value is -0.770. The molecule has 0 aromatic carbocycles. The third-order valence-electron chi connectivity index (χ3n) is 3.02. The van der Waals surface area contributed by atoms with Crippen molar-refractivity contribution in [3.8, 4) is 0 Å². The van der Waals surface area contributed by atoms with Gasteiger partial charge in [-0.05, 0) is 52.2 Å². The van der Waals surface area contributed by atoms with Crippen molar-refractivity contribution in [1.82, 2.24) is 10.2 Å². The van der Waals surface area contributed by atoms with Crippen molar-refractivity contribution in [1.29, 1.82) is 0 Å². The van der Waals surface area contributed by atoms with Gasteiger partial charge in [0.2, 0.25) is 0 Å². The standard InChI is InChI=1S/C11H24N4/c1-3-13-11(12)14-7-4-10-5-8-15(2)9-6-10/h10H,3-9H2,1-2H3,(H3,12,13,14). The van der Waals surface area contributed by atoms with Crippen LogP contribution in [0.15, 0.2) is 4.99 Å². The van der Waals surface area contributed by atoms with E-state index in [1.165, 1.54) is 32.4 Å². The zero-order chi connectivity index (χ0) is 11.1. The largest absolute Gasteiger partial charge is 0.370 e. The number of aliphatic imine (C=N–C) groups is 1. The summed E-state index contributed by atoms with van der Waals surface area (Å²) in [6.07, 6.45) is 3.81. The molecule has 1 aliphatic rings. The number of nitrogens with one attached hydrogen (secondary N) is 1. The maximum absolute atomic E-state index is 5.65. The van der Waals surface area contributed by atoms with E-state index < -0.39 is 0 Å². The van der Waals surface area contributed by atoms with E-state index in [0.717, 1.165) is 19.0 Å². The van der Waals surface area contributed by atoms with Crippen molar-refractivity contribution >= 4 is 5.96 Å². The molecule has 3 N–H and O–H groups in total. The van der Waals surface area contributed by atoms with Gasteiger partial charge in [-0.15, -0.1) is 0 Å². The van der Waals surface area contributed by atoms with Crippen molar-refractivity contribution in [2.45, 2.75) is 26.2 Å². The fourth-order valence-corrected chi connectivity index (χ4v) is 1.96. The van der Waals surface area contributed by atoms with Gasteiger partial charge in [0.05, 0.1) is 0 Å².